The Hall–Kier alpha value is -1.60. The Labute approximate surface area is 167 Å². The van der Waals surface area contributed by atoms with Gasteiger partial charge in [-0.15, -0.1) is 17.9 Å². The molecule has 0 radical (unpaired) electrons. The first-order valence-electron chi connectivity index (χ1n) is 9.79. The summed E-state index contributed by atoms with van der Waals surface area (Å²) in [7, 11) is 0. The van der Waals surface area contributed by atoms with Crippen LogP contribution in [0, 0.1) is 0 Å². The monoisotopic (exact) mass is 403 g/mol. The molecule has 0 aromatic carbocycles. The van der Waals surface area contributed by atoms with E-state index < -0.39 is 0 Å². The molecule has 2 aromatic rings. The standard InChI is InChI=1S/C20H25N3O2S2/c1-2-12-23-19(25)16-13-8-4-3-5-9-14(13)26-18(16)22-20(23)27-15-10-6-7-11-21-17(15)24/h2,15H,1,3-12H2,(H,21,24)/t15-/m0/s1. The fourth-order valence-electron chi connectivity index (χ4n) is 3.93. The molecule has 5 nitrogen and oxygen atoms in total. The first-order valence-corrected chi connectivity index (χ1v) is 11.5. The minimum atomic E-state index is -0.189. The summed E-state index contributed by atoms with van der Waals surface area (Å²) in [6, 6.07) is 0. The summed E-state index contributed by atoms with van der Waals surface area (Å²) in [5, 5.41) is 4.23. The number of thioether (sulfide) groups is 1. The van der Waals surface area contributed by atoms with E-state index in [0.717, 1.165) is 55.3 Å². The molecule has 2 aliphatic rings. The van der Waals surface area contributed by atoms with E-state index in [1.54, 1.807) is 22.0 Å². The van der Waals surface area contributed by atoms with Crippen LogP contribution in [-0.4, -0.2) is 27.3 Å². The fraction of sp³-hybridized carbons (Fsp3) is 0.550. The molecule has 1 N–H and O–H groups in total. The number of hydrogen-bond acceptors (Lipinski definition) is 5. The summed E-state index contributed by atoms with van der Waals surface area (Å²) in [4.78, 5) is 32.7. The topological polar surface area (TPSA) is 64.0 Å². The molecule has 1 saturated heterocycles. The SMILES string of the molecule is C=CCn1c(S[C@H]2CCCCNC2=O)nc2sc3c(c2c1=O)CCCCC3. The number of rotatable bonds is 4. The van der Waals surface area contributed by atoms with Crippen molar-refractivity contribution in [3.8, 4) is 0 Å². The molecule has 144 valence electrons. The average molecular weight is 404 g/mol. The van der Waals surface area contributed by atoms with Crippen LogP contribution >= 0.6 is 23.1 Å². The van der Waals surface area contributed by atoms with Crippen LogP contribution in [0.2, 0.25) is 0 Å². The molecule has 27 heavy (non-hydrogen) atoms. The van der Waals surface area contributed by atoms with Crippen molar-refractivity contribution in [3.63, 3.8) is 0 Å². The zero-order valence-electron chi connectivity index (χ0n) is 15.5. The molecular weight excluding hydrogens is 378 g/mol. The van der Waals surface area contributed by atoms with Crippen molar-refractivity contribution in [1.29, 1.82) is 0 Å². The second-order valence-corrected chi connectivity index (χ2v) is 9.49. The van der Waals surface area contributed by atoms with Crippen molar-refractivity contribution in [1.82, 2.24) is 14.9 Å². The average Bonchev–Trinajstić information content (AvgIpc) is 2.80. The number of hydrogen-bond donors (Lipinski definition) is 1. The summed E-state index contributed by atoms with van der Waals surface area (Å²) < 4.78 is 1.70. The van der Waals surface area contributed by atoms with Crippen molar-refractivity contribution in [2.24, 2.45) is 0 Å². The van der Waals surface area contributed by atoms with Crippen molar-refractivity contribution in [2.75, 3.05) is 6.54 Å². The summed E-state index contributed by atoms with van der Waals surface area (Å²) in [5.41, 5.74) is 1.24. The predicted octanol–water partition coefficient (Wildman–Crippen LogP) is 3.67. The predicted molar refractivity (Wildman–Crippen MR) is 112 cm³/mol. The highest BCUT2D eigenvalue weighted by Gasteiger charge is 2.26. The number of carbonyl (C=O) groups excluding carboxylic acids is 1. The molecule has 0 saturated carbocycles. The molecule has 1 aliphatic carbocycles. The van der Waals surface area contributed by atoms with Crippen LogP contribution in [0.3, 0.4) is 0 Å². The van der Waals surface area contributed by atoms with Crippen LogP contribution in [0.4, 0.5) is 0 Å². The van der Waals surface area contributed by atoms with Crippen molar-refractivity contribution < 1.29 is 4.79 Å². The zero-order chi connectivity index (χ0) is 18.8. The van der Waals surface area contributed by atoms with E-state index >= 15 is 0 Å². The Bertz CT molecular complexity index is 931. The first kappa shape index (κ1) is 18.7. The largest absolute Gasteiger partial charge is 0.355 e. The lowest BCUT2D eigenvalue weighted by Crippen LogP contribution is -2.32. The molecule has 4 rings (SSSR count). The molecule has 7 heteroatoms. The Morgan fingerprint density at radius 2 is 2.07 bits per heavy atom. The highest BCUT2D eigenvalue weighted by atomic mass is 32.2. The minimum Gasteiger partial charge on any atom is -0.355 e. The Morgan fingerprint density at radius 1 is 1.22 bits per heavy atom. The van der Waals surface area contributed by atoms with Gasteiger partial charge in [-0.1, -0.05) is 30.7 Å². The van der Waals surface area contributed by atoms with E-state index in [1.807, 2.05) is 0 Å². The lowest BCUT2D eigenvalue weighted by Gasteiger charge is -2.15. The van der Waals surface area contributed by atoms with Gasteiger partial charge >= 0.3 is 0 Å². The maximum absolute atomic E-state index is 13.3. The van der Waals surface area contributed by atoms with Gasteiger partial charge in [-0.2, -0.15) is 0 Å². The van der Waals surface area contributed by atoms with Crippen molar-refractivity contribution in [3.05, 3.63) is 33.4 Å². The van der Waals surface area contributed by atoms with Gasteiger partial charge in [0.1, 0.15) is 4.83 Å². The lowest BCUT2D eigenvalue weighted by atomic mass is 10.1. The van der Waals surface area contributed by atoms with Gasteiger partial charge in [-0.25, -0.2) is 4.98 Å². The van der Waals surface area contributed by atoms with Crippen LogP contribution < -0.4 is 10.9 Å². The van der Waals surface area contributed by atoms with Crippen LogP contribution in [0.5, 0.6) is 0 Å². The second-order valence-electron chi connectivity index (χ2n) is 7.24. The van der Waals surface area contributed by atoms with E-state index in [0.29, 0.717) is 11.7 Å². The van der Waals surface area contributed by atoms with Crippen LogP contribution in [-0.2, 0) is 24.2 Å². The summed E-state index contributed by atoms with van der Waals surface area (Å²) in [6.45, 7) is 4.97. The fourth-order valence-corrected chi connectivity index (χ4v) is 6.40. The zero-order valence-corrected chi connectivity index (χ0v) is 17.1. The maximum atomic E-state index is 13.3. The number of thiophene rings is 1. The second kappa shape index (κ2) is 8.19. The Balaban J connectivity index is 1.80. The molecule has 1 amide bonds. The quantitative estimate of drug-likeness (QED) is 0.481. The maximum Gasteiger partial charge on any atom is 0.263 e. The van der Waals surface area contributed by atoms with E-state index in [4.69, 9.17) is 4.98 Å². The Kier molecular flexibility index (Phi) is 5.68. The molecular formula is C20H25N3O2S2. The summed E-state index contributed by atoms with van der Waals surface area (Å²) >= 11 is 3.10. The molecule has 1 fully saturated rings. The van der Waals surface area contributed by atoms with Crippen molar-refractivity contribution >= 4 is 39.2 Å². The number of aromatic nitrogens is 2. The number of nitrogens with one attached hydrogen (secondary N) is 1. The number of allylic oxidation sites excluding steroid dienone is 1. The number of aryl methyl sites for hydroxylation is 2. The Morgan fingerprint density at radius 3 is 2.93 bits per heavy atom. The number of nitrogens with zero attached hydrogens (tertiary/aromatic N) is 2. The van der Waals surface area contributed by atoms with Gasteiger partial charge in [0.15, 0.2) is 5.16 Å². The highest BCUT2D eigenvalue weighted by Crippen LogP contribution is 2.35. The van der Waals surface area contributed by atoms with Gasteiger partial charge in [-0.3, -0.25) is 14.2 Å². The molecule has 1 atom stereocenters. The third-order valence-electron chi connectivity index (χ3n) is 5.33. The van der Waals surface area contributed by atoms with Crippen LogP contribution in [0.1, 0.15) is 49.0 Å². The van der Waals surface area contributed by atoms with Gasteiger partial charge in [0, 0.05) is 18.0 Å². The van der Waals surface area contributed by atoms with Crippen LogP contribution in [0.25, 0.3) is 10.2 Å². The molecule has 0 spiro atoms. The van der Waals surface area contributed by atoms with E-state index in [1.165, 1.54) is 35.0 Å². The third-order valence-corrected chi connectivity index (χ3v) is 7.78. The van der Waals surface area contributed by atoms with Gasteiger partial charge in [-0.05, 0) is 44.1 Å². The normalized spacial score (nSPS) is 20.6. The van der Waals surface area contributed by atoms with E-state index in [9.17, 15) is 9.59 Å². The first-order chi connectivity index (χ1) is 13.2. The van der Waals surface area contributed by atoms with E-state index in [-0.39, 0.29) is 16.7 Å². The van der Waals surface area contributed by atoms with Gasteiger partial charge in [0.05, 0.1) is 10.6 Å². The third kappa shape index (κ3) is 3.72. The smallest absolute Gasteiger partial charge is 0.263 e. The minimum absolute atomic E-state index is 0.0239. The highest BCUT2D eigenvalue weighted by molar-refractivity contribution is 8.00. The van der Waals surface area contributed by atoms with Gasteiger partial charge in [0.25, 0.3) is 5.56 Å². The lowest BCUT2D eigenvalue weighted by molar-refractivity contribution is -0.120. The molecule has 0 bridgehead atoms. The van der Waals surface area contributed by atoms with Crippen LogP contribution in [0.15, 0.2) is 22.6 Å². The van der Waals surface area contributed by atoms with Gasteiger partial charge < -0.3 is 5.32 Å². The number of carbonyl (C=O) groups is 1. The van der Waals surface area contributed by atoms with Gasteiger partial charge in [0.2, 0.25) is 5.91 Å². The molecule has 2 aromatic heterocycles. The molecule has 1 aliphatic heterocycles. The number of amides is 1. The van der Waals surface area contributed by atoms with E-state index in [2.05, 4.69) is 11.9 Å². The molecule has 0 unspecified atom stereocenters. The van der Waals surface area contributed by atoms with Crippen molar-refractivity contribution in [2.45, 2.75) is 68.3 Å². The summed E-state index contributed by atoms with van der Waals surface area (Å²) in [5.74, 6) is 0.0546. The number of fused-ring (bicyclic) bond motifs is 3. The molecule has 3 heterocycles. The summed E-state index contributed by atoms with van der Waals surface area (Å²) in [6.07, 6.45) is 10.1.